The lowest BCUT2D eigenvalue weighted by molar-refractivity contribution is 0.205. The van der Waals surface area contributed by atoms with Crippen molar-refractivity contribution < 1.29 is 0 Å². The first kappa shape index (κ1) is 11.9. The predicted molar refractivity (Wildman–Crippen MR) is 75.8 cm³/mol. The van der Waals surface area contributed by atoms with E-state index in [1.54, 1.807) is 5.56 Å². The van der Waals surface area contributed by atoms with Crippen LogP contribution in [0.4, 0.5) is 0 Å². The molecule has 1 aliphatic heterocycles. The van der Waals surface area contributed by atoms with Gasteiger partial charge in [-0.25, -0.2) is 0 Å². The summed E-state index contributed by atoms with van der Waals surface area (Å²) in [4.78, 5) is 6.62. The van der Waals surface area contributed by atoms with Crippen LogP contribution in [0.2, 0.25) is 0 Å². The van der Waals surface area contributed by atoms with Crippen molar-refractivity contribution in [3.05, 3.63) is 52.5 Å². The van der Waals surface area contributed by atoms with Gasteiger partial charge in [-0.2, -0.15) is 11.3 Å². The van der Waals surface area contributed by atoms with Gasteiger partial charge in [-0.1, -0.05) is 0 Å². The number of hydrogen-bond donors (Lipinski definition) is 0. The van der Waals surface area contributed by atoms with Crippen LogP contribution >= 0.6 is 11.3 Å². The summed E-state index contributed by atoms with van der Waals surface area (Å²) in [5, 5.41) is 4.50. The third-order valence-electron chi connectivity index (χ3n) is 3.76. The smallest absolute Gasteiger partial charge is 0.0271 e. The van der Waals surface area contributed by atoms with E-state index in [0.29, 0.717) is 0 Å². The summed E-state index contributed by atoms with van der Waals surface area (Å²) in [7, 11) is 0. The summed E-state index contributed by atoms with van der Waals surface area (Å²) in [5.74, 6) is 0.782. The van der Waals surface area contributed by atoms with Crippen LogP contribution in [0.5, 0.6) is 0 Å². The van der Waals surface area contributed by atoms with Crippen LogP contribution < -0.4 is 0 Å². The van der Waals surface area contributed by atoms with Crippen LogP contribution in [0.1, 0.15) is 29.9 Å². The van der Waals surface area contributed by atoms with Crippen LogP contribution in [-0.4, -0.2) is 23.0 Å². The average molecular weight is 258 g/mol. The summed E-state index contributed by atoms with van der Waals surface area (Å²) in [6.07, 6.45) is 6.35. The Kier molecular flexibility index (Phi) is 3.72. The molecular weight excluding hydrogens is 240 g/mol. The largest absolute Gasteiger partial charge is 0.299 e. The van der Waals surface area contributed by atoms with Crippen LogP contribution in [0, 0.1) is 0 Å². The number of aromatic nitrogens is 1. The molecule has 3 rings (SSSR count). The normalized spacial score (nSPS) is 18.0. The van der Waals surface area contributed by atoms with Crippen molar-refractivity contribution in [1.82, 2.24) is 9.88 Å². The zero-order valence-electron chi connectivity index (χ0n) is 10.5. The number of likely N-dealkylation sites (tertiary alicyclic amines) is 1. The Bertz CT molecular complexity index is 459. The highest BCUT2D eigenvalue weighted by molar-refractivity contribution is 7.07. The zero-order chi connectivity index (χ0) is 12.2. The van der Waals surface area contributed by atoms with Gasteiger partial charge >= 0.3 is 0 Å². The minimum Gasteiger partial charge on any atom is -0.299 e. The number of thiophene rings is 1. The predicted octanol–water partition coefficient (Wildman–Crippen LogP) is 3.52. The Morgan fingerprint density at radius 3 is 2.61 bits per heavy atom. The molecular formula is C15H18N2S. The second-order valence-electron chi connectivity index (χ2n) is 4.96. The van der Waals surface area contributed by atoms with E-state index >= 15 is 0 Å². The van der Waals surface area contributed by atoms with Gasteiger partial charge in [0.2, 0.25) is 0 Å². The molecule has 0 atom stereocenters. The Morgan fingerprint density at radius 2 is 1.94 bits per heavy atom. The zero-order valence-corrected chi connectivity index (χ0v) is 11.3. The van der Waals surface area contributed by atoms with Gasteiger partial charge in [0.05, 0.1) is 0 Å². The fraction of sp³-hybridized carbons (Fsp3) is 0.400. The van der Waals surface area contributed by atoms with Crippen LogP contribution in [-0.2, 0) is 6.54 Å². The van der Waals surface area contributed by atoms with Crippen LogP contribution in [0.25, 0.3) is 0 Å². The van der Waals surface area contributed by atoms with Crippen molar-refractivity contribution >= 4 is 11.3 Å². The molecule has 0 saturated carbocycles. The van der Waals surface area contributed by atoms with Gasteiger partial charge < -0.3 is 0 Å². The molecule has 1 saturated heterocycles. The third-order valence-corrected chi connectivity index (χ3v) is 4.46. The molecule has 18 heavy (non-hydrogen) atoms. The van der Waals surface area contributed by atoms with Gasteiger partial charge in [0.25, 0.3) is 0 Å². The molecule has 0 N–H and O–H groups in total. The molecule has 0 aliphatic carbocycles. The summed E-state index contributed by atoms with van der Waals surface area (Å²) >= 11 is 1.82. The minimum atomic E-state index is 0.782. The monoisotopic (exact) mass is 258 g/mol. The van der Waals surface area contributed by atoms with Crippen molar-refractivity contribution in [3.63, 3.8) is 0 Å². The van der Waals surface area contributed by atoms with E-state index in [0.717, 1.165) is 12.5 Å². The maximum Gasteiger partial charge on any atom is 0.0271 e. The first-order valence-electron chi connectivity index (χ1n) is 6.55. The second kappa shape index (κ2) is 5.63. The number of nitrogens with zero attached hydrogens (tertiary/aromatic N) is 2. The lowest BCUT2D eigenvalue weighted by Crippen LogP contribution is -2.32. The maximum atomic E-state index is 4.07. The number of hydrogen-bond acceptors (Lipinski definition) is 3. The van der Waals surface area contributed by atoms with Crippen molar-refractivity contribution in [2.75, 3.05) is 13.1 Å². The molecule has 0 bridgehead atoms. The molecule has 0 radical (unpaired) electrons. The highest BCUT2D eigenvalue weighted by Crippen LogP contribution is 2.29. The first-order valence-corrected chi connectivity index (χ1v) is 7.49. The summed E-state index contributed by atoms with van der Waals surface area (Å²) < 4.78 is 0. The standard InChI is InChI=1S/C15H18N2S/c1-6-16-7-2-13(1)11-17-8-3-14(4-9-17)15-5-10-18-12-15/h1-2,5-7,10,12,14H,3-4,8-9,11H2. The van der Waals surface area contributed by atoms with Gasteiger partial charge in [-0.3, -0.25) is 9.88 Å². The summed E-state index contributed by atoms with van der Waals surface area (Å²) in [5.41, 5.74) is 2.92. The molecule has 0 aromatic carbocycles. The fourth-order valence-corrected chi connectivity index (χ4v) is 3.42. The van der Waals surface area contributed by atoms with E-state index in [9.17, 15) is 0 Å². The number of pyridine rings is 1. The second-order valence-corrected chi connectivity index (χ2v) is 5.74. The summed E-state index contributed by atoms with van der Waals surface area (Å²) in [6, 6.07) is 6.52. The molecule has 1 aliphatic rings. The Labute approximate surface area is 112 Å². The van der Waals surface area contributed by atoms with E-state index in [1.807, 2.05) is 23.7 Å². The van der Waals surface area contributed by atoms with Crippen molar-refractivity contribution in [1.29, 1.82) is 0 Å². The molecule has 2 nitrogen and oxygen atoms in total. The van der Waals surface area contributed by atoms with Crippen molar-refractivity contribution in [2.24, 2.45) is 0 Å². The third kappa shape index (κ3) is 2.79. The molecule has 3 heterocycles. The van der Waals surface area contributed by atoms with Gasteiger partial charge in [-0.15, -0.1) is 0 Å². The number of rotatable bonds is 3. The summed E-state index contributed by atoms with van der Waals surface area (Å²) in [6.45, 7) is 3.49. The van der Waals surface area contributed by atoms with Crippen molar-refractivity contribution in [2.45, 2.75) is 25.3 Å². The molecule has 0 unspecified atom stereocenters. The average Bonchev–Trinajstić information content (AvgIpc) is 2.95. The van der Waals surface area contributed by atoms with Gasteiger partial charge in [0.15, 0.2) is 0 Å². The Morgan fingerprint density at radius 1 is 1.17 bits per heavy atom. The fourth-order valence-electron chi connectivity index (χ4n) is 2.68. The lowest BCUT2D eigenvalue weighted by atomic mass is 9.91. The van der Waals surface area contributed by atoms with E-state index in [4.69, 9.17) is 0 Å². The highest BCUT2D eigenvalue weighted by Gasteiger charge is 2.20. The SMILES string of the molecule is c1cc(CN2CCC(c3ccsc3)CC2)ccn1. The number of piperidine rings is 1. The lowest BCUT2D eigenvalue weighted by Gasteiger charge is -2.31. The van der Waals surface area contributed by atoms with E-state index in [1.165, 1.54) is 31.5 Å². The molecule has 3 heteroatoms. The van der Waals surface area contributed by atoms with Gasteiger partial charge in [-0.05, 0) is 71.9 Å². The van der Waals surface area contributed by atoms with Gasteiger partial charge in [0.1, 0.15) is 0 Å². The Balaban J connectivity index is 1.54. The van der Waals surface area contributed by atoms with Crippen LogP contribution in [0.15, 0.2) is 41.4 Å². The maximum absolute atomic E-state index is 4.07. The minimum absolute atomic E-state index is 0.782. The molecule has 94 valence electrons. The van der Waals surface area contributed by atoms with Gasteiger partial charge in [0, 0.05) is 18.9 Å². The van der Waals surface area contributed by atoms with Crippen molar-refractivity contribution in [3.8, 4) is 0 Å². The molecule has 2 aromatic heterocycles. The molecule has 2 aromatic rings. The van der Waals surface area contributed by atoms with E-state index in [-0.39, 0.29) is 0 Å². The first-order chi connectivity index (χ1) is 8.92. The topological polar surface area (TPSA) is 16.1 Å². The highest BCUT2D eigenvalue weighted by atomic mass is 32.1. The quantitative estimate of drug-likeness (QED) is 0.837. The molecule has 0 spiro atoms. The van der Waals surface area contributed by atoms with E-state index in [2.05, 4.69) is 38.8 Å². The van der Waals surface area contributed by atoms with Crippen LogP contribution in [0.3, 0.4) is 0 Å². The molecule has 0 amide bonds. The molecule has 1 fully saturated rings. The Hall–Kier alpha value is -1.19. The van der Waals surface area contributed by atoms with E-state index < -0.39 is 0 Å².